The number of allylic oxidation sites excluding steroid dienone is 1. The lowest BCUT2D eigenvalue weighted by Gasteiger charge is -2.27. The van der Waals surface area contributed by atoms with E-state index in [4.69, 9.17) is 18.7 Å². The van der Waals surface area contributed by atoms with Crippen molar-refractivity contribution in [3.63, 3.8) is 0 Å². The molecule has 178 valence electrons. The second-order valence-electron chi connectivity index (χ2n) is 8.58. The number of methoxy groups -OCH3 is 1. The number of hydrogen-bond acceptors (Lipinski definition) is 7. The molecule has 1 aliphatic heterocycles. The summed E-state index contributed by atoms with van der Waals surface area (Å²) < 4.78 is 16.6. The minimum absolute atomic E-state index is 0.0868. The third kappa shape index (κ3) is 4.16. The molecule has 2 atom stereocenters. The highest BCUT2D eigenvalue weighted by Gasteiger charge is 2.45. The van der Waals surface area contributed by atoms with Gasteiger partial charge in [-0.2, -0.15) is 5.10 Å². The fraction of sp³-hybridized carbons (Fsp3) is 0.269. The number of carbonyl (C=O) groups is 1. The van der Waals surface area contributed by atoms with Crippen molar-refractivity contribution in [2.45, 2.75) is 30.5 Å². The van der Waals surface area contributed by atoms with Crippen LogP contribution in [0.5, 0.6) is 5.75 Å². The van der Waals surface area contributed by atoms with Crippen molar-refractivity contribution in [3.8, 4) is 5.75 Å². The third-order valence-electron chi connectivity index (χ3n) is 6.45. The van der Waals surface area contributed by atoms with Crippen molar-refractivity contribution in [3.05, 3.63) is 72.1 Å². The second-order valence-corrected chi connectivity index (χ2v) is 9.55. The normalized spacial score (nSPS) is 20.9. The Kier molecular flexibility index (Phi) is 5.69. The highest BCUT2D eigenvalue weighted by Crippen LogP contribution is 2.44. The average molecular weight is 489 g/mol. The van der Waals surface area contributed by atoms with E-state index in [1.54, 1.807) is 24.6 Å². The van der Waals surface area contributed by atoms with Crippen LogP contribution in [0.3, 0.4) is 0 Å². The van der Waals surface area contributed by atoms with Crippen LogP contribution in [0.4, 0.5) is 0 Å². The number of imidazole rings is 1. The number of aromatic nitrogens is 2. The Morgan fingerprint density at radius 2 is 2.14 bits per heavy atom. The summed E-state index contributed by atoms with van der Waals surface area (Å²) in [4.78, 5) is 21.3. The number of benzene rings is 1. The van der Waals surface area contributed by atoms with Crippen LogP contribution < -0.4 is 4.74 Å². The smallest absolute Gasteiger partial charge is 0.253 e. The fourth-order valence-electron chi connectivity index (χ4n) is 4.85. The Bertz CT molecular complexity index is 1400. The van der Waals surface area contributed by atoms with E-state index in [2.05, 4.69) is 9.97 Å². The number of amides is 1. The zero-order chi connectivity index (χ0) is 23.8. The molecule has 1 aromatic carbocycles. The number of furan rings is 2. The molecule has 0 spiro atoms. The van der Waals surface area contributed by atoms with Crippen LogP contribution in [0.2, 0.25) is 0 Å². The molecule has 1 fully saturated rings. The molecule has 6 rings (SSSR count). The van der Waals surface area contributed by atoms with Gasteiger partial charge in [0.1, 0.15) is 23.3 Å². The predicted octanol–water partition coefficient (Wildman–Crippen LogP) is 5.67. The van der Waals surface area contributed by atoms with Gasteiger partial charge in [0.2, 0.25) is 0 Å². The molecule has 35 heavy (non-hydrogen) atoms. The highest BCUT2D eigenvalue weighted by molar-refractivity contribution is 7.99. The van der Waals surface area contributed by atoms with Crippen molar-refractivity contribution in [1.29, 1.82) is 0 Å². The van der Waals surface area contributed by atoms with Crippen LogP contribution in [0, 0.1) is 5.92 Å². The maximum atomic E-state index is 13.5. The molecule has 3 aromatic heterocycles. The molecule has 4 aromatic rings. The number of H-pyrrole nitrogens is 1. The number of aromatic amines is 1. The van der Waals surface area contributed by atoms with Gasteiger partial charge in [-0.1, -0.05) is 11.8 Å². The van der Waals surface area contributed by atoms with Crippen LogP contribution in [0.25, 0.3) is 17.1 Å². The first-order chi connectivity index (χ1) is 17.2. The first-order valence-electron chi connectivity index (χ1n) is 11.5. The zero-order valence-electron chi connectivity index (χ0n) is 19.1. The summed E-state index contributed by atoms with van der Waals surface area (Å²) in [7, 11) is 1.63. The molecule has 9 heteroatoms. The Balaban J connectivity index is 1.26. The van der Waals surface area contributed by atoms with E-state index in [9.17, 15) is 4.79 Å². The Morgan fingerprint density at radius 1 is 1.26 bits per heavy atom. The highest BCUT2D eigenvalue weighted by atomic mass is 32.2. The molecule has 4 heterocycles. The van der Waals surface area contributed by atoms with Gasteiger partial charge in [-0.15, -0.1) is 0 Å². The monoisotopic (exact) mass is 488 g/mol. The average Bonchev–Trinajstić information content (AvgIpc) is 3.67. The van der Waals surface area contributed by atoms with Crippen molar-refractivity contribution < 1.29 is 18.4 Å². The molecular formula is C26H24N4O4S. The summed E-state index contributed by atoms with van der Waals surface area (Å²) in [6.07, 6.45) is 8.22. The van der Waals surface area contributed by atoms with Crippen LogP contribution in [0.1, 0.15) is 36.8 Å². The first kappa shape index (κ1) is 21.8. The Hall–Kier alpha value is -3.72. The van der Waals surface area contributed by atoms with Crippen LogP contribution >= 0.6 is 11.8 Å². The number of carbonyl (C=O) groups excluding carboxylic acids is 1. The Labute approximate surface area is 206 Å². The van der Waals surface area contributed by atoms with E-state index >= 15 is 0 Å². The zero-order valence-corrected chi connectivity index (χ0v) is 20.0. The van der Waals surface area contributed by atoms with E-state index in [1.165, 1.54) is 11.8 Å². The molecule has 1 saturated carbocycles. The minimum atomic E-state index is -0.256. The SMILES string of the molecule is COc1ccc2nc(SCC(=O)N3N=C4/C(=C/c5ccco5)CCCC4C3c3ccco3)[nH]c2c1. The fourth-order valence-corrected chi connectivity index (χ4v) is 5.58. The molecule has 0 saturated heterocycles. The van der Waals surface area contributed by atoms with Gasteiger partial charge in [0.15, 0.2) is 5.16 Å². The van der Waals surface area contributed by atoms with Crippen molar-refractivity contribution in [1.82, 2.24) is 15.0 Å². The molecule has 1 N–H and O–H groups in total. The van der Waals surface area contributed by atoms with Crippen LogP contribution in [-0.4, -0.2) is 39.5 Å². The summed E-state index contributed by atoms with van der Waals surface area (Å²) in [5.41, 5.74) is 3.76. The van der Waals surface area contributed by atoms with Gasteiger partial charge in [0, 0.05) is 12.0 Å². The maximum Gasteiger partial charge on any atom is 0.253 e. The van der Waals surface area contributed by atoms with E-state index in [0.717, 1.165) is 58.9 Å². The van der Waals surface area contributed by atoms with E-state index in [0.29, 0.717) is 5.16 Å². The van der Waals surface area contributed by atoms with Gasteiger partial charge in [-0.3, -0.25) is 4.79 Å². The largest absolute Gasteiger partial charge is 0.497 e. The third-order valence-corrected chi connectivity index (χ3v) is 7.31. The summed E-state index contributed by atoms with van der Waals surface area (Å²) in [5.74, 6) is 2.50. The van der Waals surface area contributed by atoms with Crippen molar-refractivity contribution in [2.75, 3.05) is 12.9 Å². The Morgan fingerprint density at radius 3 is 2.94 bits per heavy atom. The predicted molar refractivity (Wildman–Crippen MR) is 133 cm³/mol. The number of fused-ring (bicyclic) bond motifs is 2. The van der Waals surface area contributed by atoms with Gasteiger partial charge in [0.25, 0.3) is 5.91 Å². The topological polar surface area (TPSA) is 96.9 Å². The number of hydrazone groups is 1. The molecule has 0 radical (unpaired) electrons. The number of ether oxygens (including phenoxy) is 1. The maximum absolute atomic E-state index is 13.5. The summed E-state index contributed by atoms with van der Waals surface area (Å²) >= 11 is 1.36. The van der Waals surface area contributed by atoms with Gasteiger partial charge in [-0.05, 0) is 67.3 Å². The lowest BCUT2D eigenvalue weighted by Crippen LogP contribution is -2.32. The molecule has 8 nitrogen and oxygen atoms in total. The van der Waals surface area contributed by atoms with Crippen molar-refractivity contribution >= 4 is 40.5 Å². The van der Waals surface area contributed by atoms with E-state index in [1.807, 2.05) is 48.5 Å². The number of nitrogens with one attached hydrogen (secondary N) is 1. The lowest BCUT2D eigenvalue weighted by atomic mass is 9.79. The first-order valence-corrected chi connectivity index (χ1v) is 12.5. The number of thioether (sulfide) groups is 1. The molecule has 2 unspecified atom stereocenters. The van der Waals surface area contributed by atoms with E-state index in [-0.39, 0.29) is 23.6 Å². The second kappa shape index (κ2) is 9.14. The summed E-state index contributed by atoms with van der Waals surface area (Å²) in [6, 6.07) is 13.0. The van der Waals surface area contributed by atoms with E-state index < -0.39 is 0 Å². The quantitative estimate of drug-likeness (QED) is 0.351. The van der Waals surface area contributed by atoms with Gasteiger partial charge in [0.05, 0.1) is 42.1 Å². The molecule has 0 bridgehead atoms. The van der Waals surface area contributed by atoms with Gasteiger partial charge in [-0.25, -0.2) is 9.99 Å². The molecule has 2 aliphatic rings. The van der Waals surface area contributed by atoms with Crippen LogP contribution in [0.15, 0.2) is 79.7 Å². The standard InChI is InChI=1S/C26H24N4O4S/c1-32-17-9-10-20-21(14-17)28-26(27-20)35-15-23(31)30-25(22-8-4-12-34-22)19-7-2-5-16(24(19)29-30)13-18-6-3-11-33-18/h3-4,6,8-14,19,25H,2,5,7,15H2,1H3,(H,27,28)/b16-13+. The number of rotatable bonds is 6. The number of nitrogens with zero attached hydrogens (tertiary/aromatic N) is 3. The lowest BCUT2D eigenvalue weighted by molar-refractivity contribution is -0.131. The van der Waals surface area contributed by atoms with Gasteiger partial charge < -0.3 is 18.6 Å². The number of hydrogen-bond donors (Lipinski definition) is 1. The van der Waals surface area contributed by atoms with Gasteiger partial charge >= 0.3 is 0 Å². The molecule has 1 amide bonds. The summed E-state index contributed by atoms with van der Waals surface area (Å²) in [6.45, 7) is 0. The van der Waals surface area contributed by atoms with Crippen LogP contribution in [-0.2, 0) is 4.79 Å². The molecule has 1 aliphatic carbocycles. The minimum Gasteiger partial charge on any atom is -0.497 e. The van der Waals surface area contributed by atoms with Crippen molar-refractivity contribution in [2.24, 2.45) is 11.0 Å². The summed E-state index contributed by atoms with van der Waals surface area (Å²) in [5, 5.41) is 7.15. The molecular weight excluding hydrogens is 464 g/mol.